The van der Waals surface area contributed by atoms with Gasteiger partial charge in [-0.2, -0.15) is 18.3 Å². The molecular weight excluding hydrogens is 455 g/mol. The highest BCUT2D eigenvalue weighted by molar-refractivity contribution is 5.83. The van der Waals surface area contributed by atoms with Gasteiger partial charge in [-0.3, -0.25) is 9.58 Å². The fourth-order valence-electron chi connectivity index (χ4n) is 4.82. The van der Waals surface area contributed by atoms with Crippen LogP contribution in [0.4, 0.5) is 13.2 Å². The maximum absolute atomic E-state index is 13.6. The van der Waals surface area contributed by atoms with Crippen LogP contribution in [-0.4, -0.2) is 40.9 Å². The van der Waals surface area contributed by atoms with Crippen LogP contribution in [0.1, 0.15) is 56.0 Å². The quantitative estimate of drug-likeness (QED) is 0.401. The van der Waals surface area contributed by atoms with Crippen molar-refractivity contribution in [3.63, 3.8) is 0 Å². The summed E-state index contributed by atoms with van der Waals surface area (Å²) in [6.07, 6.45) is 1.51. The monoisotopic (exact) mass is 485 g/mol. The third-order valence-corrected chi connectivity index (χ3v) is 6.57. The van der Waals surface area contributed by atoms with Crippen LogP contribution in [-0.2, 0) is 12.8 Å². The van der Waals surface area contributed by atoms with Crippen molar-refractivity contribution in [3.8, 4) is 11.5 Å². The van der Waals surface area contributed by atoms with Gasteiger partial charge in [0, 0.05) is 29.6 Å². The Morgan fingerprint density at radius 2 is 1.86 bits per heavy atom. The average Bonchev–Trinajstić information content (AvgIpc) is 3.23. The number of ether oxygens (including phenoxy) is 2. The van der Waals surface area contributed by atoms with Gasteiger partial charge in [0.05, 0.1) is 5.52 Å². The molecule has 3 heterocycles. The highest BCUT2D eigenvalue weighted by Gasteiger charge is 2.37. The van der Waals surface area contributed by atoms with Crippen molar-refractivity contribution in [2.45, 2.75) is 51.9 Å². The second-order valence-electron chi connectivity index (χ2n) is 9.65. The van der Waals surface area contributed by atoms with E-state index in [-0.39, 0.29) is 18.0 Å². The van der Waals surface area contributed by atoms with E-state index in [4.69, 9.17) is 9.47 Å². The molecule has 1 saturated heterocycles. The molecule has 8 heteroatoms. The van der Waals surface area contributed by atoms with E-state index in [1.807, 2.05) is 32.0 Å². The van der Waals surface area contributed by atoms with Crippen molar-refractivity contribution < 1.29 is 22.6 Å². The van der Waals surface area contributed by atoms with Crippen LogP contribution in [0.25, 0.3) is 17.0 Å². The first-order valence-electron chi connectivity index (χ1n) is 12.2. The number of fused-ring (bicyclic) bond motifs is 2. The van der Waals surface area contributed by atoms with E-state index in [1.165, 1.54) is 35.6 Å². The molecule has 0 unspecified atom stereocenters. The summed E-state index contributed by atoms with van der Waals surface area (Å²) in [7, 11) is 0. The summed E-state index contributed by atoms with van der Waals surface area (Å²) >= 11 is 0. The second-order valence-corrected chi connectivity index (χ2v) is 9.65. The van der Waals surface area contributed by atoms with Crippen LogP contribution in [0.15, 0.2) is 42.0 Å². The number of rotatable bonds is 6. The summed E-state index contributed by atoms with van der Waals surface area (Å²) in [5.41, 5.74) is 2.54. The van der Waals surface area contributed by atoms with Crippen molar-refractivity contribution >= 4 is 17.0 Å². The maximum Gasteiger partial charge on any atom is 0.435 e. The van der Waals surface area contributed by atoms with Gasteiger partial charge in [-0.25, -0.2) is 0 Å². The maximum atomic E-state index is 13.6. The lowest BCUT2D eigenvalue weighted by Crippen LogP contribution is -2.32. The Hall–Kier alpha value is -3.00. The van der Waals surface area contributed by atoms with E-state index in [9.17, 15) is 13.2 Å². The lowest BCUT2D eigenvalue weighted by atomic mass is 10.1. The number of halogens is 3. The van der Waals surface area contributed by atoms with Gasteiger partial charge in [-0.15, -0.1) is 0 Å². The number of hydrogen-bond donors (Lipinski definition) is 0. The fraction of sp³-hybridized carbons (Fsp3) is 0.444. The van der Waals surface area contributed by atoms with Gasteiger partial charge in [0.25, 0.3) is 0 Å². The Balaban J connectivity index is 1.30. The minimum Gasteiger partial charge on any atom is -0.489 e. The normalized spacial score (nSPS) is 16.8. The highest BCUT2D eigenvalue weighted by atomic mass is 19.4. The zero-order valence-corrected chi connectivity index (χ0v) is 20.1. The van der Waals surface area contributed by atoms with E-state index < -0.39 is 11.9 Å². The minimum atomic E-state index is -4.52. The summed E-state index contributed by atoms with van der Waals surface area (Å²) < 4.78 is 54.0. The number of hydrogen-bond acceptors (Lipinski definition) is 4. The van der Waals surface area contributed by atoms with E-state index in [2.05, 4.69) is 16.1 Å². The highest BCUT2D eigenvalue weighted by Crippen LogP contribution is 2.36. The third-order valence-electron chi connectivity index (χ3n) is 6.57. The smallest absolute Gasteiger partial charge is 0.435 e. The average molecular weight is 486 g/mol. The molecule has 2 aliphatic heterocycles. The van der Waals surface area contributed by atoms with Crippen molar-refractivity contribution in [2.24, 2.45) is 0 Å². The van der Waals surface area contributed by atoms with Crippen LogP contribution in [0.3, 0.4) is 0 Å². The molecule has 0 aliphatic carbocycles. The van der Waals surface area contributed by atoms with Gasteiger partial charge in [-0.05, 0) is 81.3 Å². The van der Waals surface area contributed by atoms with Crippen LogP contribution in [0.2, 0.25) is 0 Å². The molecule has 0 radical (unpaired) electrons. The molecular formula is C27H30F3N3O2. The van der Waals surface area contributed by atoms with E-state index >= 15 is 0 Å². The Labute approximate surface area is 203 Å². The van der Waals surface area contributed by atoms with E-state index in [1.54, 1.807) is 12.1 Å². The summed E-state index contributed by atoms with van der Waals surface area (Å²) in [6, 6.07) is 10.5. The van der Waals surface area contributed by atoms with Crippen molar-refractivity contribution in [1.82, 2.24) is 14.7 Å². The van der Waals surface area contributed by atoms with Crippen molar-refractivity contribution in [2.75, 3.05) is 26.2 Å². The lowest BCUT2D eigenvalue weighted by molar-refractivity contribution is -0.140. The number of benzene rings is 2. The molecule has 0 amide bonds. The molecule has 0 N–H and O–H groups in total. The van der Waals surface area contributed by atoms with Gasteiger partial charge < -0.3 is 9.47 Å². The molecule has 2 aromatic carbocycles. The fourth-order valence-corrected chi connectivity index (χ4v) is 4.82. The zero-order valence-electron chi connectivity index (χ0n) is 20.1. The molecule has 5 rings (SSSR count). The topological polar surface area (TPSA) is 39.5 Å². The van der Waals surface area contributed by atoms with Crippen molar-refractivity contribution in [3.05, 3.63) is 58.8 Å². The van der Waals surface area contributed by atoms with E-state index in [0.29, 0.717) is 23.4 Å². The molecule has 0 atom stereocenters. The Morgan fingerprint density at radius 3 is 2.60 bits per heavy atom. The predicted molar refractivity (Wildman–Crippen MR) is 130 cm³/mol. The first-order valence-corrected chi connectivity index (χ1v) is 12.2. The number of nitrogens with zero attached hydrogens (tertiary/aromatic N) is 3. The molecule has 3 aromatic rings. The molecule has 1 aromatic heterocycles. The Morgan fingerprint density at radius 1 is 1.06 bits per heavy atom. The Bertz CT molecular complexity index is 1240. The molecule has 0 spiro atoms. The molecule has 35 heavy (non-hydrogen) atoms. The Kier molecular flexibility index (Phi) is 6.49. The first-order chi connectivity index (χ1) is 16.8. The van der Waals surface area contributed by atoms with Crippen LogP contribution < -0.4 is 9.47 Å². The van der Waals surface area contributed by atoms with Gasteiger partial charge in [0.2, 0.25) is 0 Å². The largest absolute Gasteiger partial charge is 0.489 e. The molecule has 2 aliphatic rings. The van der Waals surface area contributed by atoms with Crippen LogP contribution >= 0.6 is 0 Å². The standard InChI is InChI=1S/C27H30F3N3O2/c1-18(2)33-24-9-6-19(13-23(24)26(31-33)27(28,29)30)16-34-22-8-7-21-12-20(17-35-25(21)14-22)15-32-10-4-3-5-11-32/h6-9,12-14,18H,3-5,10-11,15-17H2,1-2H3. The summed E-state index contributed by atoms with van der Waals surface area (Å²) in [4.78, 5) is 2.48. The molecule has 0 saturated carbocycles. The van der Waals surface area contributed by atoms with Gasteiger partial charge in [0.1, 0.15) is 24.7 Å². The zero-order chi connectivity index (χ0) is 24.6. The van der Waals surface area contributed by atoms with Gasteiger partial charge >= 0.3 is 6.18 Å². The third kappa shape index (κ3) is 5.17. The molecule has 0 bridgehead atoms. The molecule has 1 fully saturated rings. The SMILES string of the molecule is CC(C)n1nc(C(F)(F)F)c2cc(COc3ccc4c(c3)OCC(CN3CCCCC3)=C4)ccc21. The minimum absolute atomic E-state index is 0.0902. The number of alkyl halides is 3. The first kappa shape index (κ1) is 23.7. The number of piperidine rings is 1. The summed E-state index contributed by atoms with van der Waals surface area (Å²) in [5.74, 6) is 1.38. The number of likely N-dealkylation sites (tertiary alicyclic amines) is 1. The predicted octanol–water partition coefficient (Wildman–Crippen LogP) is 6.48. The molecule has 186 valence electrons. The lowest BCUT2D eigenvalue weighted by Gasteiger charge is -2.29. The van der Waals surface area contributed by atoms with Gasteiger partial charge in [0.15, 0.2) is 5.69 Å². The number of aromatic nitrogens is 2. The van der Waals surface area contributed by atoms with Crippen LogP contribution in [0.5, 0.6) is 11.5 Å². The van der Waals surface area contributed by atoms with Gasteiger partial charge in [-0.1, -0.05) is 12.5 Å². The van der Waals surface area contributed by atoms with Crippen LogP contribution in [0, 0.1) is 0 Å². The molecule has 5 nitrogen and oxygen atoms in total. The summed E-state index contributed by atoms with van der Waals surface area (Å²) in [6.45, 7) is 7.56. The van der Waals surface area contributed by atoms with E-state index in [0.717, 1.165) is 30.9 Å². The van der Waals surface area contributed by atoms with Crippen molar-refractivity contribution in [1.29, 1.82) is 0 Å². The summed E-state index contributed by atoms with van der Waals surface area (Å²) in [5, 5.41) is 3.93. The second kappa shape index (κ2) is 9.57.